The number of para-hydroxylation sites is 2. The van der Waals surface area contributed by atoms with Crippen LogP contribution in [0.2, 0.25) is 0 Å². The lowest BCUT2D eigenvalue weighted by Crippen LogP contribution is -2.22. The molecule has 1 N–H and O–H groups in total. The van der Waals surface area contributed by atoms with E-state index in [9.17, 15) is 18.5 Å². The fraction of sp³-hybridized carbons (Fsp3) is 0.158. The molecule has 2 aromatic carbocycles. The van der Waals surface area contributed by atoms with Crippen LogP contribution in [0, 0.1) is 10.1 Å². The van der Waals surface area contributed by atoms with E-state index in [0.29, 0.717) is 18.0 Å². The number of thiophene rings is 1. The first-order chi connectivity index (χ1) is 13.8. The summed E-state index contributed by atoms with van der Waals surface area (Å²) < 4.78 is 34.0. The molecule has 0 radical (unpaired) electrons. The molecular formula is C19H19N3O5S2. The minimum atomic E-state index is -4.13. The number of hydrogen-bond donors (Lipinski definition) is 1. The summed E-state index contributed by atoms with van der Waals surface area (Å²) in [7, 11) is -0.959. The molecule has 0 saturated heterocycles. The SMILES string of the molecule is COc1ccccc1NS(=O)(=O)c1cc([N+](=O)[O-])ccc1N(C)Cc1cccs1. The smallest absolute Gasteiger partial charge is 0.270 e. The Morgan fingerprint density at radius 3 is 2.59 bits per heavy atom. The third kappa shape index (κ3) is 4.66. The van der Waals surface area contributed by atoms with E-state index in [4.69, 9.17) is 4.74 Å². The number of benzene rings is 2. The van der Waals surface area contributed by atoms with Crippen molar-refractivity contribution in [3.05, 3.63) is 75.0 Å². The van der Waals surface area contributed by atoms with Crippen LogP contribution in [0.15, 0.2) is 64.9 Å². The molecule has 1 aromatic heterocycles. The summed E-state index contributed by atoms with van der Waals surface area (Å²) in [5, 5.41) is 13.2. The highest BCUT2D eigenvalue weighted by Crippen LogP contribution is 2.33. The van der Waals surface area contributed by atoms with E-state index in [1.807, 2.05) is 17.5 Å². The minimum Gasteiger partial charge on any atom is -0.495 e. The van der Waals surface area contributed by atoms with Gasteiger partial charge in [-0.15, -0.1) is 11.3 Å². The number of nitro groups is 1. The van der Waals surface area contributed by atoms with Gasteiger partial charge in [0.15, 0.2) is 0 Å². The maximum atomic E-state index is 13.2. The van der Waals surface area contributed by atoms with Gasteiger partial charge >= 0.3 is 0 Å². The fourth-order valence-electron chi connectivity index (χ4n) is 2.80. The van der Waals surface area contributed by atoms with Crippen LogP contribution in [0.25, 0.3) is 0 Å². The van der Waals surface area contributed by atoms with Gasteiger partial charge < -0.3 is 9.64 Å². The normalized spacial score (nSPS) is 11.1. The van der Waals surface area contributed by atoms with Crippen LogP contribution in [0.4, 0.5) is 17.1 Å². The number of nitrogens with one attached hydrogen (secondary N) is 1. The summed E-state index contributed by atoms with van der Waals surface area (Å²) in [5.74, 6) is 0.343. The summed E-state index contributed by atoms with van der Waals surface area (Å²) in [6, 6.07) is 14.2. The molecular weight excluding hydrogens is 414 g/mol. The second-order valence-corrected chi connectivity index (χ2v) is 8.83. The first-order valence-corrected chi connectivity index (χ1v) is 10.9. The topological polar surface area (TPSA) is 102 Å². The molecule has 0 aliphatic carbocycles. The molecule has 0 bridgehead atoms. The monoisotopic (exact) mass is 433 g/mol. The van der Waals surface area contributed by atoms with Gasteiger partial charge in [-0.2, -0.15) is 0 Å². The number of anilines is 2. The number of nitro benzene ring substituents is 1. The van der Waals surface area contributed by atoms with Gasteiger partial charge in [0, 0.05) is 24.1 Å². The van der Waals surface area contributed by atoms with Crippen molar-refractivity contribution in [2.24, 2.45) is 0 Å². The van der Waals surface area contributed by atoms with E-state index in [1.54, 1.807) is 47.5 Å². The zero-order chi connectivity index (χ0) is 21.0. The quantitative estimate of drug-likeness (QED) is 0.424. The second-order valence-electron chi connectivity index (χ2n) is 6.15. The first-order valence-electron chi connectivity index (χ1n) is 8.49. The molecule has 0 amide bonds. The Labute approximate surface area is 172 Å². The van der Waals surface area contributed by atoms with Crippen LogP contribution < -0.4 is 14.4 Å². The van der Waals surface area contributed by atoms with Crippen LogP contribution in [0.3, 0.4) is 0 Å². The van der Waals surface area contributed by atoms with Crippen molar-refractivity contribution < 1.29 is 18.1 Å². The maximum Gasteiger partial charge on any atom is 0.270 e. The summed E-state index contributed by atoms with van der Waals surface area (Å²) >= 11 is 1.54. The number of hydrogen-bond acceptors (Lipinski definition) is 7. The molecule has 10 heteroatoms. The fourth-order valence-corrected chi connectivity index (χ4v) is 4.90. The molecule has 0 fully saturated rings. The van der Waals surface area contributed by atoms with E-state index in [2.05, 4.69) is 4.72 Å². The predicted octanol–water partition coefficient (Wildman–Crippen LogP) is 4.10. The zero-order valence-electron chi connectivity index (χ0n) is 15.7. The van der Waals surface area contributed by atoms with E-state index in [1.165, 1.54) is 19.2 Å². The van der Waals surface area contributed by atoms with Crippen molar-refractivity contribution in [2.75, 3.05) is 23.8 Å². The molecule has 152 valence electrons. The van der Waals surface area contributed by atoms with E-state index >= 15 is 0 Å². The largest absolute Gasteiger partial charge is 0.495 e. The average Bonchev–Trinajstić information content (AvgIpc) is 3.20. The lowest BCUT2D eigenvalue weighted by Gasteiger charge is -2.22. The molecule has 3 rings (SSSR count). The summed E-state index contributed by atoms with van der Waals surface area (Å²) in [6.07, 6.45) is 0. The van der Waals surface area contributed by atoms with Crippen molar-refractivity contribution in [1.82, 2.24) is 0 Å². The van der Waals surface area contributed by atoms with Crippen molar-refractivity contribution >= 4 is 38.4 Å². The third-order valence-electron chi connectivity index (χ3n) is 4.18. The Hall–Kier alpha value is -3.11. The van der Waals surface area contributed by atoms with Gasteiger partial charge in [0.25, 0.3) is 15.7 Å². The van der Waals surface area contributed by atoms with Crippen LogP contribution in [0.5, 0.6) is 5.75 Å². The van der Waals surface area contributed by atoms with Gasteiger partial charge in [-0.1, -0.05) is 18.2 Å². The van der Waals surface area contributed by atoms with Gasteiger partial charge in [-0.25, -0.2) is 8.42 Å². The molecule has 0 aliphatic heterocycles. The number of nitrogens with zero attached hydrogens (tertiary/aromatic N) is 2. The molecule has 0 unspecified atom stereocenters. The van der Waals surface area contributed by atoms with Crippen LogP contribution in [-0.2, 0) is 16.6 Å². The molecule has 0 spiro atoms. The molecule has 0 saturated carbocycles. The zero-order valence-corrected chi connectivity index (χ0v) is 17.4. The van der Waals surface area contributed by atoms with Crippen molar-refractivity contribution in [3.63, 3.8) is 0 Å². The number of rotatable bonds is 8. The maximum absolute atomic E-state index is 13.2. The molecule has 0 atom stereocenters. The van der Waals surface area contributed by atoms with Gasteiger partial charge in [-0.3, -0.25) is 14.8 Å². The Kier molecular flexibility index (Phi) is 6.04. The van der Waals surface area contributed by atoms with E-state index < -0.39 is 14.9 Å². The number of non-ortho nitro benzene ring substituents is 1. The van der Waals surface area contributed by atoms with Crippen LogP contribution in [0.1, 0.15) is 4.88 Å². The minimum absolute atomic E-state index is 0.184. The van der Waals surface area contributed by atoms with Crippen molar-refractivity contribution in [3.8, 4) is 5.75 Å². The highest BCUT2D eigenvalue weighted by Gasteiger charge is 2.25. The predicted molar refractivity (Wildman–Crippen MR) is 113 cm³/mol. The molecule has 1 heterocycles. The Bertz CT molecular complexity index is 1110. The van der Waals surface area contributed by atoms with Gasteiger partial charge in [0.2, 0.25) is 0 Å². The Balaban J connectivity index is 2.04. The number of ether oxygens (including phenoxy) is 1. The third-order valence-corrected chi connectivity index (χ3v) is 6.44. The summed E-state index contributed by atoms with van der Waals surface area (Å²) in [5.41, 5.74) is 0.290. The molecule has 29 heavy (non-hydrogen) atoms. The van der Waals surface area contributed by atoms with Crippen LogP contribution in [-0.4, -0.2) is 27.5 Å². The number of sulfonamides is 1. The average molecular weight is 434 g/mol. The van der Waals surface area contributed by atoms with Gasteiger partial charge in [-0.05, 0) is 29.6 Å². The van der Waals surface area contributed by atoms with Gasteiger partial charge in [0.1, 0.15) is 10.6 Å². The lowest BCUT2D eigenvalue weighted by atomic mass is 10.2. The highest BCUT2D eigenvalue weighted by atomic mass is 32.2. The molecule has 0 aliphatic rings. The van der Waals surface area contributed by atoms with Crippen LogP contribution >= 0.6 is 11.3 Å². The Morgan fingerprint density at radius 1 is 1.17 bits per heavy atom. The second kappa shape index (κ2) is 8.50. The van der Waals surface area contributed by atoms with E-state index in [-0.39, 0.29) is 16.3 Å². The highest BCUT2D eigenvalue weighted by molar-refractivity contribution is 7.93. The van der Waals surface area contributed by atoms with Crippen molar-refractivity contribution in [1.29, 1.82) is 0 Å². The van der Waals surface area contributed by atoms with Crippen molar-refractivity contribution in [2.45, 2.75) is 11.4 Å². The van der Waals surface area contributed by atoms with Gasteiger partial charge in [0.05, 0.1) is 30.0 Å². The molecule has 8 nitrogen and oxygen atoms in total. The summed E-state index contributed by atoms with van der Waals surface area (Å²) in [6.45, 7) is 0.465. The standard InChI is InChI=1S/C19H19N3O5S2/c1-21(13-15-6-5-11-28-15)17-10-9-14(22(23)24)12-19(17)29(25,26)20-16-7-3-4-8-18(16)27-2/h3-12,20H,13H2,1-2H3. The summed E-state index contributed by atoms with van der Waals surface area (Å²) in [4.78, 5) is 13.2. The first kappa shape index (κ1) is 20.6. The Morgan fingerprint density at radius 2 is 1.93 bits per heavy atom. The molecule has 3 aromatic rings. The number of methoxy groups -OCH3 is 1. The lowest BCUT2D eigenvalue weighted by molar-refractivity contribution is -0.385. The van der Waals surface area contributed by atoms with E-state index in [0.717, 1.165) is 10.9 Å².